The third kappa shape index (κ3) is 6.15. The zero-order valence-corrected chi connectivity index (χ0v) is 16.7. The van der Waals surface area contributed by atoms with E-state index in [1.807, 2.05) is 32.0 Å². The molecule has 146 valence electrons. The Labute approximate surface area is 157 Å². The van der Waals surface area contributed by atoms with E-state index < -0.39 is 0 Å². The van der Waals surface area contributed by atoms with Crippen molar-refractivity contribution in [2.75, 3.05) is 26.3 Å². The lowest BCUT2D eigenvalue weighted by Crippen LogP contribution is -2.46. The molecule has 1 aliphatic rings. The van der Waals surface area contributed by atoms with E-state index in [4.69, 9.17) is 9.47 Å². The quantitative estimate of drug-likeness (QED) is 0.509. The van der Waals surface area contributed by atoms with Gasteiger partial charge in [-0.25, -0.2) is 0 Å². The summed E-state index contributed by atoms with van der Waals surface area (Å²) in [5.41, 5.74) is -0.0866. The number of hydrogen-bond acceptors (Lipinski definition) is 5. The first-order chi connectivity index (χ1) is 12.3. The van der Waals surface area contributed by atoms with Crippen LogP contribution in [0.1, 0.15) is 63.9 Å². The Morgan fingerprint density at radius 1 is 1.35 bits per heavy atom. The van der Waals surface area contributed by atoms with E-state index in [1.165, 1.54) is 0 Å². The van der Waals surface area contributed by atoms with Crippen LogP contribution in [-0.2, 0) is 9.47 Å². The van der Waals surface area contributed by atoms with Gasteiger partial charge in [-0.05, 0) is 72.1 Å². The first kappa shape index (κ1) is 21.0. The zero-order chi connectivity index (χ0) is 19.0. The minimum absolute atomic E-state index is 0.164. The van der Waals surface area contributed by atoms with E-state index in [0.29, 0.717) is 12.3 Å². The maximum atomic E-state index is 13.3. The molecule has 0 spiro atoms. The van der Waals surface area contributed by atoms with Gasteiger partial charge >= 0.3 is 0 Å². The molecule has 1 aliphatic heterocycles. The summed E-state index contributed by atoms with van der Waals surface area (Å²) in [6, 6.07) is 5.56. The summed E-state index contributed by atoms with van der Waals surface area (Å²) in [5.74, 6) is 0.164. The van der Waals surface area contributed by atoms with E-state index in [9.17, 15) is 4.79 Å². The molecule has 1 aromatic rings. The molecule has 5 heteroatoms. The van der Waals surface area contributed by atoms with Crippen molar-refractivity contribution < 1.29 is 14.3 Å². The summed E-state index contributed by atoms with van der Waals surface area (Å²) < 4.78 is 11.4. The highest BCUT2D eigenvalue weighted by molar-refractivity contribution is 5.99. The Kier molecular flexibility index (Phi) is 7.74. The van der Waals surface area contributed by atoms with Gasteiger partial charge in [-0.2, -0.15) is 0 Å². The van der Waals surface area contributed by atoms with Gasteiger partial charge in [0.15, 0.2) is 5.78 Å². The maximum Gasteiger partial charge on any atom is 0.187 e. The number of aromatic nitrogens is 1. The van der Waals surface area contributed by atoms with Crippen LogP contribution < -0.4 is 5.32 Å². The molecule has 0 radical (unpaired) electrons. The van der Waals surface area contributed by atoms with E-state index in [-0.39, 0.29) is 22.9 Å². The first-order valence-corrected chi connectivity index (χ1v) is 9.77. The lowest BCUT2D eigenvalue weighted by Gasteiger charge is -2.44. The number of carbonyl (C=O) groups excluding carboxylic acids is 1. The fraction of sp³-hybridized carbons (Fsp3) is 0.714. The van der Waals surface area contributed by atoms with Gasteiger partial charge in [0, 0.05) is 24.8 Å². The largest absolute Gasteiger partial charge is 0.377 e. The smallest absolute Gasteiger partial charge is 0.187 e. The van der Waals surface area contributed by atoms with E-state index in [2.05, 4.69) is 24.1 Å². The van der Waals surface area contributed by atoms with Gasteiger partial charge in [0.25, 0.3) is 0 Å². The fourth-order valence-corrected chi connectivity index (χ4v) is 3.81. The third-order valence-electron chi connectivity index (χ3n) is 4.96. The van der Waals surface area contributed by atoms with Gasteiger partial charge in [0.1, 0.15) is 5.69 Å². The molecule has 1 N–H and O–H groups in total. The van der Waals surface area contributed by atoms with Crippen molar-refractivity contribution in [3.05, 3.63) is 30.1 Å². The summed E-state index contributed by atoms with van der Waals surface area (Å²) in [4.78, 5) is 17.6. The summed E-state index contributed by atoms with van der Waals surface area (Å²) >= 11 is 0. The number of nitrogens with zero attached hydrogens (tertiary/aromatic N) is 1. The Hall–Kier alpha value is -1.30. The number of Topliss-reactive ketones (excluding diaryl/α,β-unsaturated/α-hetero) is 1. The maximum absolute atomic E-state index is 13.3. The summed E-state index contributed by atoms with van der Waals surface area (Å²) in [6.45, 7) is 11.3. The summed E-state index contributed by atoms with van der Waals surface area (Å²) in [7, 11) is 0. The standard InChI is InChI=1S/C21H34N2O3/c1-17(2)25-15-13-22-11-7-9-21(10-14-26-20(3,4)16-21)19(24)18-8-5-6-12-23-18/h5-6,8,12,17,22H,7,9-11,13-16H2,1-4H3. The second-order valence-electron chi connectivity index (χ2n) is 8.13. The molecule has 2 rings (SSSR count). The van der Waals surface area contributed by atoms with Gasteiger partial charge in [0.2, 0.25) is 0 Å². The predicted octanol–water partition coefficient (Wildman–Crippen LogP) is 3.63. The number of nitrogens with one attached hydrogen (secondary N) is 1. The third-order valence-corrected chi connectivity index (χ3v) is 4.96. The van der Waals surface area contributed by atoms with Gasteiger partial charge in [0.05, 0.1) is 18.3 Å². The molecule has 26 heavy (non-hydrogen) atoms. The fourth-order valence-electron chi connectivity index (χ4n) is 3.81. The molecule has 0 saturated carbocycles. The molecular formula is C21H34N2O3. The van der Waals surface area contributed by atoms with Crippen LogP contribution in [0.3, 0.4) is 0 Å². The Morgan fingerprint density at radius 3 is 2.81 bits per heavy atom. The second-order valence-corrected chi connectivity index (χ2v) is 8.13. The summed E-state index contributed by atoms with van der Waals surface area (Å²) in [5, 5.41) is 3.41. The van der Waals surface area contributed by atoms with Crippen molar-refractivity contribution in [1.29, 1.82) is 0 Å². The minimum atomic E-state index is -0.383. The van der Waals surface area contributed by atoms with Gasteiger partial charge in [-0.3, -0.25) is 9.78 Å². The monoisotopic (exact) mass is 362 g/mol. The molecule has 1 atom stereocenters. The molecule has 1 aromatic heterocycles. The minimum Gasteiger partial charge on any atom is -0.377 e. The molecule has 1 saturated heterocycles. The molecule has 0 amide bonds. The van der Waals surface area contributed by atoms with Crippen LogP contribution in [0.5, 0.6) is 0 Å². The van der Waals surface area contributed by atoms with Crippen molar-refractivity contribution in [2.24, 2.45) is 5.41 Å². The number of carbonyl (C=O) groups is 1. The number of hydrogen-bond donors (Lipinski definition) is 1. The molecule has 0 bridgehead atoms. The van der Waals surface area contributed by atoms with Gasteiger partial charge < -0.3 is 14.8 Å². The lowest BCUT2D eigenvalue weighted by molar-refractivity contribution is -0.0956. The number of ketones is 1. The second kappa shape index (κ2) is 9.58. The molecule has 1 unspecified atom stereocenters. The molecular weight excluding hydrogens is 328 g/mol. The van der Waals surface area contributed by atoms with E-state index in [0.717, 1.165) is 45.4 Å². The van der Waals surface area contributed by atoms with Crippen molar-refractivity contribution in [1.82, 2.24) is 10.3 Å². The Bertz CT molecular complexity index is 560. The molecule has 0 aliphatic carbocycles. The van der Waals surface area contributed by atoms with Gasteiger partial charge in [-0.1, -0.05) is 6.07 Å². The molecule has 1 fully saturated rings. The van der Waals surface area contributed by atoms with Crippen molar-refractivity contribution in [3.63, 3.8) is 0 Å². The number of rotatable bonds is 10. The van der Waals surface area contributed by atoms with Crippen molar-refractivity contribution in [3.8, 4) is 0 Å². The van der Waals surface area contributed by atoms with Crippen LogP contribution in [-0.4, -0.2) is 48.8 Å². The van der Waals surface area contributed by atoms with Crippen LogP contribution in [0.2, 0.25) is 0 Å². The highest BCUT2D eigenvalue weighted by Gasteiger charge is 2.46. The normalized spacial score (nSPS) is 22.5. The van der Waals surface area contributed by atoms with Gasteiger partial charge in [-0.15, -0.1) is 0 Å². The number of ether oxygens (including phenoxy) is 2. The van der Waals surface area contributed by atoms with Crippen LogP contribution in [0.25, 0.3) is 0 Å². The topological polar surface area (TPSA) is 60.5 Å². The SMILES string of the molecule is CC(C)OCCNCCCC1(C(=O)c2ccccn2)CCOC(C)(C)C1. The van der Waals surface area contributed by atoms with Crippen LogP contribution in [0.4, 0.5) is 0 Å². The van der Waals surface area contributed by atoms with E-state index in [1.54, 1.807) is 6.20 Å². The number of pyridine rings is 1. The van der Waals surface area contributed by atoms with E-state index >= 15 is 0 Å². The molecule has 0 aromatic carbocycles. The van der Waals surface area contributed by atoms with Crippen LogP contribution >= 0.6 is 0 Å². The Morgan fingerprint density at radius 2 is 2.15 bits per heavy atom. The van der Waals surface area contributed by atoms with Crippen LogP contribution in [0.15, 0.2) is 24.4 Å². The summed E-state index contributed by atoms with van der Waals surface area (Å²) in [6.07, 6.45) is 5.28. The highest BCUT2D eigenvalue weighted by Crippen LogP contribution is 2.44. The molecule has 2 heterocycles. The zero-order valence-electron chi connectivity index (χ0n) is 16.7. The average Bonchev–Trinajstić information content (AvgIpc) is 2.60. The predicted molar refractivity (Wildman–Crippen MR) is 103 cm³/mol. The Balaban J connectivity index is 1.95. The average molecular weight is 363 g/mol. The van der Waals surface area contributed by atoms with Crippen LogP contribution in [0, 0.1) is 5.41 Å². The van der Waals surface area contributed by atoms with Crippen molar-refractivity contribution >= 4 is 5.78 Å². The lowest BCUT2D eigenvalue weighted by atomic mass is 9.67. The van der Waals surface area contributed by atoms with Crippen molar-refractivity contribution in [2.45, 2.75) is 65.1 Å². The first-order valence-electron chi connectivity index (χ1n) is 9.77. The highest BCUT2D eigenvalue weighted by atomic mass is 16.5. The molecule has 5 nitrogen and oxygen atoms in total.